The van der Waals surface area contributed by atoms with Crippen molar-refractivity contribution in [3.8, 4) is 0 Å². The molecular formula is C10H19N3O. The van der Waals surface area contributed by atoms with Crippen LogP contribution in [0.5, 0.6) is 0 Å². The number of nitrogens with one attached hydrogen (secondary N) is 1. The molecule has 80 valence electrons. The summed E-state index contributed by atoms with van der Waals surface area (Å²) in [5.74, 6) is 0. The summed E-state index contributed by atoms with van der Waals surface area (Å²) in [7, 11) is 1.72. The first-order valence-corrected chi connectivity index (χ1v) is 5.07. The highest BCUT2D eigenvalue weighted by Gasteiger charge is 1.98. The van der Waals surface area contributed by atoms with Crippen molar-refractivity contribution in [3.05, 3.63) is 18.2 Å². The van der Waals surface area contributed by atoms with Gasteiger partial charge in [-0.25, -0.2) is 4.98 Å². The van der Waals surface area contributed by atoms with Gasteiger partial charge in [0.25, 0.3) is 0 Å². The summed E-state index contributed by atoms with van der Waals surface area (Å²) in [6, 6.07) is 0. The average Bonchev–Trinajstić information content (AvgIpc) is 2.65. The van der Waals surface area contributed by atoms with Gasteiger partial charge < -0.3 is 14.6 Å². The number of methoxy groups -OCH3 is 1. The molecule has 1 rings (SSSR count). The van der Waals surface area contributed by atoms with E-state index in [-0.39, 0.29) is 0 Å². The fourth-order valence-electron chi connectivity index (χ4n) is 1.36. The van der Waals surface area contributed by atoms with Gasteiger partial charge in [-0.2, -0.15) is 0 Å². The van der Waals surface area contributed by atoms with Gasteiger partial charge in [0, 0.05) is 45.1 Å². The first-order valence-electron chi connectivity index (χ1n) is 5.07. The normalized spacial score (nSPS) is 10.7. The van der Waals surface area contributed by atoms with E-state index in [1.165, 1.54) is 5.69 Å². The van der Waals surface area contributed by atoms with Crippen molar-refractivity contribution in [2.45, 2.75) is 19.9 Å². The van der Waals surface area contributed by atoms with Gasteiger partial charge in [0.1, 0.15) is 0 Å². The second-order valence-corrected chi connectivity index (χ2v) is 3.16. The van der Waals surface area contributed by atoms with Crippen molar-refractivity contribution in [3.63, 3.8) is 0 Å². The summed E-state index contributed by atoms with van der Waals surface area (Å²) in [5.41, 5.74) is 1.29. The number of hydrogen-bond acceptors (Lipinski definition) is 3. The maximum atomic E-state index is 4.94. The molecule has 14 heavy (non-hydrogen) atoms. The van der Waals surface area contributed by atoms with Crippen molar-refractivity contribution >= 4 is 0 Å². The van der Waals surface area contributed by atoms with Crippen molar-refractivity contribution in [1.82, 2.24) is 14.9 Å². The molecule has 4 nitrogen and oxygen atoms in total. The molecule has 1 aromatic heterocycles. The Morgan fingerprint density at radius 1 is 1.50 bits per heavy atom. The molecule has 0 amide bonds. The molecule has 0 aliphatic carbocycles. The second-order valence-electron chi connectivity index (χ2n) is 3.16. The van der Waals surface area contributed by atoms with E-state index < -0.39 is 0 Å². The van der Waals surface area contributed by atoms with E-state index in [1.54, 1.807) is 7.11 Å². The molecule has 0 saturated carbocycles. The third-order valence-corrected chi connectivity index (χ3v) is 2.18. The quantitative estimate of drug-likeness (QED) is 0.653. The van der Waals surface area contributed by atoms with Crippen molar-refractivity contribution in [2.24, 2.45) is 0 Å². The van der Waals surface area contributed by atoms with E-state index in [1.807, 2.05) is 12.5 Å². The van der Waals surface area contributed by atoms with Gasteiger partial charge in [0.05, 0.1) is 12.9 Å². The molecule has 1 heterocycles. The molecule has 0 aliphatic rings. The molecule has 4 heteroatoms. The van der Waals surface area contributed by atoms with Crippen LogP contribution in [0.4, 0.5) is 0 Å². The fraction of sp³-hybridized carbons (Fsp3) is 0.700. The number of aromatic nitrogens is 2. The van der Waals surface area contributed by atoms with Crippen LogP contribution in [0.25, 0.3) is 0 Å². The fourth-order valence-corrected chi connectivity index (χ4v) is 1.36. The average molecular weight is 197 g/mol. The number of imidazole rings is 1. The van der Waals surface area contributed by atoms with E-state index in [2.05, 4.69) is 21.8 Å². The van der Waals surface area contributed by atoms with Gasteiger partial charge in [0.15, 0.2) is 0 Å². The predicted octanol–water partition coefficient (Wildman–Crippen LogP) is 0.681. The molecule has 0 aliphatic heterocycles. The number of ether oxygens (including phenoxy) is 1. The Hall–Kier alpha value is -0.870. The monoisotopic (exact) mass is 197 g/mol. The highest BCUT2D eigenvalue weighted by molar-refractivity contribution is 4.98. The zero-order valence-corrected chi connectivity index (χ0v) is 8.99. The van der Waals surface area contributed by atoms with Crippen LogP contribution < -0.4 is 5.32 Å². The maximum absolute atomic E-state index is 4.94. The predicted molar refractivity (Wildman–Crippen MR) is 56.4 cm³/mol. The van der Waals surface area contributed by atoms with Gasteiger partial charge >= 0.3 is 0 Å². The van der Waals surface area contributed by atoms with Gasteiger partial charge in [-0.1, -0.05) is 0 Å². The number of rotatable bonds is 7. The summed E-state index contributed by atoms with van der Waals surface area (Å²) in [6.45, 7) is 5.79. The maximum Gasteiger partial charge on any atom is 0.0948 e. The van der Waals surface area contributed by atoms with Gasteiger partial charge in [0.2, 0.25) is 0 Å². The number of hydrogen-bond donors (Lipinski definition) is 1. The molecule has 0 bridgehead atoms. The third kappa shape index (κ3) is 3.47. The highest BCUT2D eigenvalue weighted by Crippen LogP contribution is 1.98. The molecule has 0 aromatic carbocycles. The van der Waals surface area contributed by atoms with Crippen LogP contribution in [0.2, 0.25) is 0 Å². The van der Waals surface area contributed by atoms with Crippen molar-refractivity contribution in [1.29, 1.82) is 0 Å². The van der Waals surface area contributed by atoms with Crippen LogP contribution in [-0.2, 0) is 17.7 Å². The Kier molecular flexibility index (Phi) is 5.25. The first-order chi connectivity index (χ1) is 6.88. The lowest BCUT2D eigenvalue weighted by molar-refractivity contribution is 0.199. The third-order valence-electron chi connectivity index (χ3n) is 2.18. The Bertz CT molecular complexity index is 247. The Morgan fingerprint density at radius 2 is 2.36 bits per heavy atom. The van der Waals surface area contributed by atoms with Gasteiger partial charge in [-0.05, 0) is 6.92 Å². The molecule has 0 spiro atoms. The molecule has 0 fully saturated rings. The van der Waals surface area contributed by atoms with Crippen LogP contribution in [0.3, 0.4) is 0 Å². The van der Waals surface area contributed by atoms with Gasteiger partial charge in [-0.15, -0.1) is 0 Å². The summed E-state index contributed by atoms with van der Waals surface area (Å²) >= 11 is 0. The van der Waals surface area contributed by atoms with E-state index in [4.69, 9.17) is 4.74 Å². The minimum atomic E-state index is 0.771. The van der Waals surface area contributed by atoms with Crippen LogP contribution in [-0.4, -0.2) is 36.4 Å². The lowest BCUT2D eigenvalue weighted by Gasteiger charge is -2.06. The Labute approximate surface area is 85.3 Å². The molecular weight excluding hydrogens is 178 g/mol. The summed E-state index contributed by atoms with van der Waals surface area (Å²) in [4.78, 5) is 4.12. The van der Waals surface area contributed by atoms with Crippen LogP contribution in [0, 0.1) is 0 Å². The minimum Gasteiger partial charge on any atom is -0.383 e. The van der Waals surface area contributed by atoms with E-state index in [0.29, 0.717) is 0 Å². The standard InChI is InChI=1S/C10H19N3O/c1-3-13-9-12-8-10(13)4-5-11-6-7-14-2/h8-9,11H,3-7H2,1-2H3. The highest BCUT2D eigenvalue weighted by atomic mass is 16.5. The Morgan fingerprint density at radius 3 is 3.07 bits per heavy atom. The SMILES string of the molecule is CCn1cncc1CCNCCOC. The lowest BCUT2D eigenvalue weighted by Crippen LogP contribution is -2.22. The van der Waals surface area contributed by atoms with Crippen LogP contribution in [0.1, 0.15) is 12.6 Å². The molecule has 0 atom stereocenters. The summed E-state index contributed by atoms with van der Waals surface area (Å²) in [5, 5.41) is 3.31. The summed E-state index contributed by atoms with van der Waals surface area (Å²) in [6.07, 6.45) is 4.84. The molecule has 1 N–H and O–H groups in total. The second kappa shape index (κ2) is 6.56. The zero-order valence-electron chi connectivity index (χ0n) is 8.99. The number of nitrogens with zero attached hydrogens (tertiary/aromatic N) is 2. The lowest BCUT2D eigenvalue weighted by atomic mass is 10.3. The zero-order chi connectivity index (χ0) is 10.2. The van der Waals surface area contributed by atoms with Crippen LogP contribution in [0.15, 0.2) is 12.5 Å². The summed E-state index contributed by atoms with van der Waals surface area (Å²) < 4.78 is 7.11. The first kappa shape index (κ1) is 11.2. The minimum absolute atomic E-state index is 0.771. The molecule has 0 saturated heterocycles. The van der Waals surface area contributed by atoms with Crippen molar-refractivity contribution < 1.29 is 4.74 Å². The van der Waals surface area contributed by atoms with E-state index >= 15 is 0 Å². The van der Waals surface area contributed by atoms with Crippen LogP contribution >= 0.6 is 0 Å². The molecule has 1 aromatic rings. The van der Waals surface area contributed by atoms with Gasteiger partial charge in [-0.3, -0.25) is 0 Å². The largest absolute Gasteiger partial charge is 0.383 e. The Balaban J connectivity index is 2.17. The van der Waals surface area contributed by atoms with E-state index in [0.717, 1.165) is 32.7 Å². The van der Waals surface area contributed by atoms with Crippen molar-refractivity contribution in [2.75, 3.05) is 26.8 Å². The molecule has 0 unspecified atom stereocenters. The number of aryl methyl sites for hydroxylation is 1. The van der Waals surface area contributed by atoms with E-state index in [9.17, 15) is 0 Å². The smallest absolute Gasteiger partial charge is 0.0948 e. The topological polar surface area (TPSA) is 39.1 Å². The molecule has 0 radical (unpaired) electrons.